The van der Waals surface area contributed by atoms with Crippen LogP contribution >= 0.6 is 0 Å². The van der Waals surface area contributed by atoms with Gasteiger partial charge < -0.3 is 15.0 Å². The van der Waals surface area contributed by atoms with Crippen molar-refractivity contribution < 1.29 is 18.3 Å². The number of anilines is 1. The highest BCUT2D eigenvalue weighted by Gasteiger charge is 2.46. The minimum atomic E-state index is -2.73. The molecule has 2 N–H and O–H groups in total. The Bertz CT molecular complexity index is 965. The summed E-state index contributed by atoms with van der Waals surface area (Å²) in [4.78, 5) is 23.0. The van der Waals surface area contributed by atoms with Gasteiger partial charge in [0.2, 0.25) is 0 Å². The lowest BCUT2D eigenvalue weighted by Gasteiger charge is -2.39. The first-order valence-corrected chi connectivity index (χ1v) is 10.8. The zero-order chi connectivity index (χ0) is 21.6. The van der Waals surface area contributed by atoms with Crippen LogP contribution in [0.25, 0.3) is 0 Å². The van der Waals surface area contributed by atoms with E-state index in [4.69, 9.17) is 4.74 Å². The number of nitrogens with zero attached hydrogens (tertiary/aromatic N) is 4. The van der Waals surface area contributed by atoms with Crippen LogP contribution in [0.2, 0.25) is 0 Å². The molecule has 166 valence electrons. The van der Waals surface area contributed by atoms with Crippen molar-refractivity contribution in [3.63, 3.8) is 0 Å². The van der Waals surface area contributed by atoms with Crippen LogP contribution in [-0.4, -0.2) is 51.7 Å². The average molecular weight is 432 g/mol. The van der Waals surface area contributed by atoms with Gasteiger partial charge in [0.25, 0.3) is 17.7 Å². The van der Waals surface area contributed by atoms with Crippen molar-refractivity contribution in [3.05, 3.63) is 29.3 Å². The molecule has 1 saturated heterocycles. The quantitative estimate of drug-likeness (QED) is 0.632. The number of ether oxygens (including phenoxy) is 1. The molecule has 3 aliphatic rings. The molecule has 10 heteroatoms. The minimum Gasteiger partial charge on any atom is -0.475 e. The highest BCUT2D eigenvalue weighted by molar-refractivity contribution is 5.92. The third-order valence-electron chi connectivity index (χ3n) is 5.92. The predicted molar refractivity (Wildman–Crippen MR) is 108 cm³/mol. The number of amides is 1. The van der Waals surface area contributed by atoms with Crippen molar-refractivity contribution in [2.75, 3.05) is 24.6 Å². The van der Waals surface area contributed by atoms with Gasteiger partial charge in [0.15, 0.2) is 11.5 Å². The first-order valence-electron chi connectivity index (χ1n) is 10.8. The number of halogens is 2. The molecule has 2 aromatic heterocycles. The molecule has 3 heterocycles. The number of rotatable bonds is 9. The fraction of sp³-hybridized carbons (Fsp3) is 0.619. The molecular weight excluding hydrogens is 406 g/mol. The van der Waals surface area contributed by atoms with Crippen molar-refractivity contribution in [1.29, 1.82) is 0 Å². The molecule has 0 unspecified atom stereocenters. The van der Waals surface area contributed by atoms with Gasteiger partial charge in [-0.1, -0.05) is 12.8 Å². The smallest absolute Gasteiger partial charge is 0.282 e. The number of nitrogens with one attached hydrogen (secondary N) is 2. The molecule has 0 spiro atoms. The number of carbonyl (C=O) groups is 1. The fourth-order valence-electron chi connectivity index (χ4n) is 3.74. The summed E-state index contributed by atoms with van der Waals surface area (Å²) in [6.07, 6.45) is 6.64. The second-order valence-corrected chi connectivity index (χ2v) is 9.02. The van der Waals surface area contributed by atoms with E-state index in [1.165, 1.54) is 11.1 Å². The molecule has 2 aromatic rings. The number of hydrogen-bond donors (Lipinski definition) is 2. The first kappa shape index (κ1) is 20.1. The zero-order valence-corrected chi connectivity index (χ0v) is 17.4. The second-order valence-electron chi connectivity index (χ2n) is 9.02. The summed E-state index contributed by atoms with van der Waals surface area (Å²) in [5.74, 6) is -1.65. The standard InChI is InChI=1S/C21H26F2N6O2/c1-12-6-16(28-27-12)15(7-13-2-3-13)25-19(30)17-8-24-18(29-10-21(22,23)11-29)20(26-17)31-9-14-4-5-14/h6,8,13-15H,2-5,7,9-11H2,1H3,(H,25,30)(H,27,28)/t15-/m0/s1. The summed E-state index contributed by atoms with van der Waals surface area (Å²) in [5.41, 5.74) is 1.82. The van der Waals surface area contributed by atoms with E-state index < -0.39 is 19.0 Å². The molecule has 8 nitrogen and oxygen atoms in total. The maximum absolute atomic E-state index is 13.3. The van der Waals surface area contributed by atoms with Gasteiger partial charge in [-0.2, -0.15) is 5.10 Å². The van der Waals surface area contributed by atoms with Gasteiger partial charge in [0.05, 0.1) is 43.3 Å². The lowest BCUT2D eigenvalue weighted by atomic mass is 10.1. The van der Waals surface area contributed by atoms with Gasteiger partial charge in [0.1, 0.15) is 0 Å². The maximum atomic E-state index is 13.3. The van der Waals surface area contributed by atoms with Gasteiger partial charge in [0, 0.05) is 0 Å². The molecule has 0 aromatic carbocycles. The Morgan fingerprint density at radius 1 is 1.32 bits per heavy atom. The Morgan fingerprint density at radius 3 is 2.68 bits per heavy atom. The zero-order valence-electron chi connectivity index (χ0n) is 17.4. The Kier molecular flexibility index (Phi) is 5.02. The minimum absolute atomic E-state index is 0.110. The summed E-state index contributed by atoms with van der Waals surface area (Å²) in [6.45, 7) is 1.50. The van der Waals surface area contributed by atoms with E-state index in [0.717, 1.165) is 43.5 Å². The molecule has 1 atom stereocenters. The lowest BCUT2D eigenvalue weighted by Crippen LogP contribution is -2.56. The van der Waals surface area contributed by atoms with E-state index in [1.54, 1.807) is 0 Å². The fourth-order valence-corrected chi connectivity index (χ4v) is 3.74. The highest BCUT2D eigenvalue weighted by atomic mass is 19.3. The Morgan fingerprint density at radius 2 is 2.06 bits per heavy atom. The highest BCUT2D eigenvalue weighted by Crippen LogP contribution is 2.38. The van der Waals surface area contributed by atoms with Gasteiger partial charge in [-0.15, -0.1) is 0 Å². The van der Waals surface area contributed by atoms with Crippen LogP contribution in [0.4, 0.5) is 14.6 Å². The molecular formula is C21H26F2N6O2. The van der Waals surface area contributed by atoms with Crippen LogP contribution in [0.5, 0.6) is 5.88 Å². The van der Waals surface area contributed by atoms with E-state index in [0.29, 0.717) is 18.4 Å². The van der Waals surface area contributed by atoms with E-state index in [-0.39, 0.29) is 29.3 Å². The molecule has 31 heavy (non-hydrogen) atoms. The number of carbonyl (C=O) groups excluding carboxylic acids is 1. The van der Waals surface area contributed by atoms with Crippen LogP contribution < -0.4 is 15.0 Å². The third kappa shape index (κ3) is 4.77. The normalized spacial score (nSPS) is 20.8. The number of hydrogen-bond acceptors (Lipinski definition) is 6. The summed E-state index contributed by atoms with van der Waals surface area (Å²) in [7, 11) is 0. The maximum Gasteiger partial charge on any atom is 0.282 e. The molecule has 1 aliphatic heterocycles. The van der Waals surface area contributed by atoms with E-state index in [1.807, 2.05) is 13.0 Å². The van der Waals surface area contributed by atoms with Crippen LogP contribution in [0.3, 0.4) is 0 Å². The van der Waals surface area contributed by atoms with Gasteiger partial charge in [-0.3, -0.25) is 9.89 Å². The average Bonchev–Trinajstić information content (AvgIpc) is 3.64. The van der Waals surface area contributed by atoms with E-state index in [2.05, 4.69) is 25.5 Å². The summed E-state index contributed by atoms with van der Waals surface area (Å²) < 4.78 is 32.5. The number of aryl methyl sites for hydroxylation is 1. The predicted octanol–water partition coefficient (Wildman–Crippen LogP) is 3.02. The Hall–Kier alpha value is -2.78. The number of aromatic nitrogens is 4. The Balaban J connectivity index is 1.33. The largest absolute Gasteiger partial charge is 0.475 e. The first-order chi connectivity index (χ1) is 14.9. The molecule has 2 saturated carbocycles. The monoisotopic (exact) mass is 432 g/mol. The van der Waals surface area contributed by atoms with Crippen molar-refractivity contribution in [2.45, 2.75) is 51.0 Å². The van der Waals surface area contributed by atoms with Crippen molar-refractivity contribution in [1.82, 2.24) is 25.5 Å². The van der Waals surface area contributed by atoms with Crippen LogP contribution in [0, 0.1) is 18.8 Å². The van der Waals surface area contributed by atoms with Crippen molar-refractivity contribution in [3.8, 4) is 5.88 Å². The molecule has 1 amide bonds. The summed E-state index contributed by atoms with van der Waals surface area (Å²) in [6, 6.07) is 1.73. The van der Waals surface area contributed by atoms with Crippen LogP contribution in [0.1, 0.15) is 60.0 Å². The number of H-pyrrole nitrogens is 1. The summed E-state index contributed by atoms with van der Waals surface area (Å²) >= 11 is 0. The third-order valence-corrected chi connectivity index (χ3v) is 5.92. The van der Waals surface area contributed by atoms with Crippen molar-refractivity contribution in [2.24, 2.45) is 11.8 Å². The second kappa shape index (κ2) is 7.72. The summed E-state index contributed by atoms with van der Waals surface area (Å²) in [5, 5.41) is 10.2. The van der Waals surface area contributed by atoms with Crippen LogP contribution in [-0.2, 0) is 0 Å². The molecule has 3 fully saturated rings. The molecule has 0 radical (unpaired) electrons. The van der Waals surface area contributed by atoms with E-state index >= 15 is 0 Å². The van der Waals surface area contributed by atoms with Gasteiger partial charge in [-0.05, 0) is 44.1 Å². The van der Waals surface area contributed by atoms with E-state index in [9.17, 15) is 13.6 Å². The number of alkyl halides is 2. The topological polar surface area (TPSA) is 96.0 Å². The lowest BCUT2D eigenvalue weighted by molar-refractivity contribution is -0.0270. The SMILES string of the molecule is Cc1cc([C@H](CC2CC2)NC(=O)c2cnc(N3CC(F)(F)C3)c(OCC3CC3)n2)[nH]n1. The Labute approximate surface area is 178 Å². The van der Waals surface area contributed by atoms with Crippen molar-refractivity contribution >= 4 is 11.7 Å². The molecule has 0 bridgehead atoms. The molecule has 5 rings (SSSR count). The molecule has 2 aliphatic carbocycles. The van der Waals surface area contributed by atoms with Gasteiger partial charge in [-0.25, -0.2) is 18.7 Å². The van der Waals surface area contributed by atoms with Gasteiger partial charge >= 0.3 is 0 Å². The van der Waals surface area contributed by atoms with Crippen LogP contribution in [0.15, 0.2) is 12.3 Å². The number of aromatic amines is 1.